The Hall–Kier alpha value is -2.62. The molecule has 0 aromatic heterocycles. The van der Waals surface area contributed by atoms with Crippen molar-refractivity contribution in [2.45, 2.75) is 62.2 Å². The standard InChI is InChI=1S/C32H41BO6Si/c1-31(2,40(5,6)35)20-27-29(34)28(39-30(27)33)21-38-32(22-10-8-7-9-11-22,23-12-16-25(36-3)17-13-23)24-14-18-26(37-4)19-15-24/h7-19,27-30,34-35H,20-21H2,1-6H3/t27?,28?,29?,30-/m1/s1. The van der Waals surface area contributed by atoms with Gasteiger partial charge in [-0.25, -0.2) is 0 Å². The number of benzene rings is 3. The van der Waals surface area contributed by atoms with E-state index in [1.54, 1.807) is 14.2 Å². The summed E-state index contributed by atoms with van der Waals surface area (Å²) < 4.78 is 23.9. The van der Waals surface area contributed by atoms with Gasteiger partial charge < -0.3 is 28.8 Å². The molecule has 2 radical (unpaired) electrons. The Bertz CT molecular complexity index is 1180. The van der Waals surface area contributed by atoms with Crippen LogP contribution in [0.5, 0.6) is 11.5 Å². The lowest BCUT2D eigenvalue weighted by molar-refractivity contribution is -0.0743. The number of methoxy groups -OCH3 is 2. The second-order valence-corrected chi connectivity index (χ2v) is 16.2. The van der Waals surface area contributed by atoms with E-state index in [4.69, 9.17) is 26.8 Å². The van der Waals surface area contributed by atoms with Crippen LogP contribution < -0.4 is 9.47 Å². The lowest BCUT2D eigenvalue weighted by Gasteiger charge is -2.38. The lowest BCUT2D eigenvalue weighted by atomic mass is 9.79. The Morgan fingerprint density at radius 2 is 1.30 bits per heavy atom. The highest BCUT2D eigenvalue weighted by Gasteiger charge is 2.48. The summed E-state index contributed by atoms with van der Waals surface area (Å²) in [6, 6.07) is 25.0. The first kappa shape index (κ1) is 30.3. The van der Waals surface area contributed by atoms with Crippen molar-refractivity contribution in [3.8, 4) is 11.5 Å². The van der Waals surface area contributed by atoms with Crippen molar-refractivity contribution in [2.24, 2.45) is 5.92 Å². The van der Waals surface area contributed by atoms with Crippen LogP contribution in [0.25, 0.3) is 0 Å². The maximum Gasteiger partial charge on any atom is 0.188 e. The summed E-state index contributed by atoms with van der Waals surface area (Å²) in [6.45, 7) is 8.00. The molecule has 1 saturated heterocycles. The molecule has 3 aromatic rings. The number of ether oxygens (including phenoxy) is 4. The van der Waals surface area contributed by atoms with Crippen LogP contribution in [0.15, 0.2) is 78.9 Å². The zero-order valence-electron chi connectivity index (χ0n) is 24.3. The van der Waals surface area contributed by atoms with Gasteiger partial charge in [0, 0.05) is 11.9 Å². The number of aliphatic hydroxyl groups is 1. The van der Waals surface area contributed by atoms with Crippen LogP contribution >= 0.6 is 0 Å². The molecule has 212 valence electrons. The van der Waals surface area contributed by atoms with Gasteiger partial charge in [0.15, 0.2) is 8.32 Å². The lowest BCUT2D eigenvalue weighted by Crippen LogP contribution is -2.43. The zero-order valence-corrected chi connectivity index (χ0v) is 25.3. The van der Waals surface area contributed by atoms with Gasteiger partial charge >= 0.3 is 0 Å². The summed E-state index contributed by atoms with van der Waals surface area (Å²) in [4.78, 5) is 10.8. The van der Waals surface area contributed by atoms with E-state index < -0.39 is 32.1 Å². The molecule has 4 atom stereocenters. The van der Waals surface area contributed by atoms with Gasteiger partial charge in [-0.15, -0.1) is 0 Å². The van der Waals surface area contributed by atoms with Crippen LogP contribution in [-0.2, 0) is 15.1 Å². The van der Waals surface area contributed by atoms with Gasteiger partial charge in [0.05, 0.1) is 26.9 Å². The summed E-state index contributed by atoms with van der Waals surface area (Å²) in [6.07, 6.45) is -0.924. The molecule has 1 fully saturated rings. The molecule has 1 aliphatic heterocycles. The molecule has 0 spiro atoms. The first-order valence-corrected chi connectivity index (χ1v) is 16.7. The molecule has 0 saturated carbocycles. The van der Waals surface area contributed by atoms with Gasteiger partial charge in [0.1, 0.15) is 31.1 Å². The topological polar surface area (TPSA) is 77.4 Å². The Kier molecular flexibility index (Phi) is 9.17. The van der Waals surface area contributed by atoms with Crippen LogP contribution in [0, 0.1) is 5.92 Å². The van der Waals surface area contributed by atoms with Gasteiger partial charge in [-0.1, -0.05) is 68.4 Å². The van der Waals surface area contributed by atoms with E-state index in [0.29, 0.717) is 6.42 Å². The summed E-state index contributed by atoms with van der Waals surface area (Å²) in [5.74, 6) is 1.15. The van der Waals surface area contributed by atoms with E-state index >= 15 is 0 Å². The normalized spacial score (nSPS) is 21.8. The Labute approximate surface area is 240 Å². The van der Waals surface area contributed by atoms with E-state index in [1.807, 2.05) is 106 Å². The minimum Gasteiger partial charge on any atom is -0.497 e. The van der Waals surface area contributed by atoms with Crippen molar-refractivity contribution >= 4 is 16.2 Å². The van der Waals surface area contributed by atoms with Crippen molar-refractivity contribution < 1.29 is 28.8 Å². The van der Waals surface area contributed by atoms with Gasteiger partial charge in [-0.2, -0.15) is 0 Å². The molecule has 8 heteroatoms. The van der Waals surface area contributed by atoms with E-state index in [-0.39, 0.29) is 17.6 Å². The van der Waals surface area contributed by atoms with Gasteiger partial charge in [-0.3, -0.25) is 0 Å². The first-order chi connectivity index (χ1) is 18.9. The van der Waals surface area contributed by atoms with Crippen LogP contribution in [0.1, 0.15) is 37.0 Å². The third-order valence-electron chi connectivity index (χ3n) is 8.61. The van der Waals surface area contributed by atoms with Crippen molar-refractivity contribution in [1.29, 1.82) is 0 Å². The fourth-order valence-corrected chi connectivity index (χ4v) is 6.08. The highest BCUT2D eigenvalue weighted by Crippen LogP contribution is 2.46. The molecule has 2 N–H and O–H groups in total. The number of aliphatic hydroxyl groups excluding tert-OH is 1. The highest BCUT2D eigenvalue weighted by molar-refractivity contribution is 6.72. The molecule has 0 aliphatic carbocycles. The van der Waals surface area contributed by atoms with Crippen molar-refractivity contribution in [3.05, 3.63) is 95.6 Å². The number of rotatable bonds is 11. The SMILES string of the molecule is [B][C@@H]1OC(COC(c2ccccc2)(c2ccc(OC)cc2)c2ccc(OC)cc2)C(O)C1CC(C)(C)[Si](C)(C)O. The van der Waals surface area contributed by atoms with E-state index in [9.17, 15) is 9.90 Å². The number of hydrogen-bond donors (Lipinski definition) is 2. The van der Waals surface area contributed by atoms with Crippen molar-refractivity contribution in [3.63, 3.8) is 0 Å². The van der Waals surface area contributed by atoms with Gasteiger partial charge in [-0.05, 0) is 65.5 Å². The largest absolute Gasteiger partial charge is 0.497 e. The maximum absolute atomic E-state index is 11.4. The Morgan fingerprint density at radius 3 is 1.75 bits per heavy atom. The Morgan fingerprint density at radius 1 is 0.825 bits per heavy atom. The third-order valence-corrected chi connectivity index (χ3v) is 12.1. The fraction of sp³-hybridized carbons (Fsp3) is 0.438. The summed E-state index contributed by atoms with van der Waals surface area (Å²) in [7, 11) is 7.19. The van der Waals surface area contributed by atoms with Crippen molar-refractivity contribution in [2.75, 3.05) is 20.8 Å². The molecule has 40 heavy (non-hydrogen) atoms. The predicted octanol–water partition coefficient (Wildman–Crippen LogP) is 5.25. The van der Waals surface area contributed by atoms with E-state index in [2.05, 4.69) is 0 Å². The average molecular weight is 561 g/mol. The molecule has 1 heterocycles. The highest BCUT2D eigenvalue weighted by atomic mass is 28.4. The fourth-order valence-electron chi connectivity index (χ4n) is 5.35. The molecule has 3 aromatic carbocycles. The second-order valence-electron chi connectivity index (χ2n) is 11.8. The van der Waals surface area contributed by atoms with Crippen molar-refractivity contribution in [1.82, 2.24) is 0 Å². The maximum atomic E-state index is 11.4. The zero-order chi connectivity index (χ0) is 29.1. The molecule has 4 rings (SSSR count). The first-order valence-electron chi connectivity index (χ1n) is 13.7. The monoisotopic (exact) mass is 560 g/mol. The molecule has 6 nitrogen and oxygen atoms in total. The van der Waals surface area contributed by atoms with Gasteiger partial charge in [0.2, 0.25) is 0 Å². The van der Waals surface area contributed by atoms with E-state index in [1.165, 1.54) is 0 Å². The van der Waals surface area contributed by atoms with E-state index in [0.717, 1.165) is 28.2 Å². The minimum absolute atomic E-state index is 0.0959. The molecule has 0 amide bonds. The third kappa shape index (κ3) is 6.02. The second kappa shape index (κ2) is 12.1. The quantitative estimate of drug-likeness (QED) is 0.247. The van der Waals surface area contributed by atoms with Gasteiger partial charge in [0.25, 0.3) is 0 Å². The molecular weight excluding hydrogens is 519 g/mol. The number of hydrogen-bond acceptors (Lipinski definition) is 6. The molecule has 3 unspecified atom stereocenters. The molecule has 0 bridgehead atoms. The minimum atomic E-state index is -2.50. The van der Waals surface area contributed by atoms with Crippen LogP contribution in [0.4, 0.5) is 0 Å². The summed E-state index contributed by atoms with van der Waals surface area (Å²) >= 11 is 0. The average Bonchev–Trinajstić information content (AvgIpc) is 3.21. The summed E-state index contributed by atoms with van der Waals surface area (Å²) in [5, 5.41) is 11.1. The smallest absolute Gasteiger partial charge is 0.188 e. The predicted molar refractivity (Wildman–Crippen MR) is 161 cm³/mol. The van der Waals surface area contributed by atoms with Crippen LogP contribution in [-0.4, -0.2) is 65.1 Å². The summed E-state index contributed by atoms with van der Waals surface area (Å²) in [5.41, 5.74) is 1.69. The van der Waals surface area contributed by atoms with Crippen LogP contribution in [0.3, 0.4) is 0 Å². The molecule has 1 aliphatic rings. The Balaban J connectivity index is 1.73. The van der Waals surface area contributed by atoms with Crippen LogP contribution in [0.2, 0.25) is 18.1 Å². The molecular formula is C32H41BO6Si.